The molecule has 25 heavy (non-hydrogen) atoms. The highest BCUT2D eigenvalue weighted by atomic mass is 16.2. The van der Waals surface area contributed by atoms with Crippen molar-refractivity contribution in [3.05, 3.63) is 96.1 Å². The molecule has 2 aromatic heterocycles. The first-order chi connectivity index (χ1) is 12.3. The van der Waals surface area contributed by atoms with Crippen molar-refractivity contribution in [2.75, 3.05) is 6.54 Å². The van der Waals surface area contributed by atoms with E-state index in [0.29, 0.717) is 6.54 Å². The Balaban J connectivity index is 1.63. The molecule has 1 unspecified atom stereocenters. The fourth-order valence-corrected chi connectivity index (χ4v) is 2.57. The molecule has 3 rings (SSSR count). The number of pyridine rings is 2. The van der Waals surface area contributed by atoms with Gasteiger partial charge in [-0.15, -0.1) is 0 Å². The number of benzene rings is 1. The van der Waals surface area contributed by atoms with E-state index in [1.807, 2.05) is 60.7 Å². The van der Waals surface area contributed by atoms with Gasteiger partial charge in [-0.1, -0.05) is 42.5 Å². The van der Waals surface area contributed by atoms with Crippen molar-refractivity contribution >= 4 is 6.03 Å². The summed E-state index contributed by atoms with van der Waals surface area (Å²) < 4.78 is 0. The number of nitrogens with one attached hydrogen (secondary N) is 2. The van der Waals surface area contributed by atoms with Crippen molar-refractivity contribution in [1.82, 2.24) is 20.6 Å². The second kappa shape index (κ2) is 8.59. The number of nitrogens with zero attached hydrogens (tertiary/aromatic N) is 2. The molecule has 5 nitrogen and oxygen atoms in total. The Morgan fingerprint density at radius 3 is 2.52 bits per heavy atom. The normalized spacial score (nSPS) is 11.5. The van der Waals surface area contributed by atoms with E-state index in [2.05, 4.69) is 20.6 Å². The van der Waals surface area contributed by atoms with E-state index >= 15 is 0 Å². The second-order valence-electron chi connectivity index (χ2n) is 5.61. The summed E-state index contributed by atoms with van der Waals surface area (Å²) in [6, 6.07) is 18.9. The van der Waals surface area contributed by atoms with Gasteiger partial charge in [0.25, 0.3) is 0 Å². The maximum absolute atomic E-state index is 12.3. The van der Waals surface area contributed by atoms with Crippen LogP contribution in [0.4, 0.5) is 4.79 Å². The van der Waals surface area contributed by atoms with Crippen molar-refractivity contribution in [2.24, 2.45) is 0 Å². The third-order valence-electron chi connectivity index (χ3n) is 3.81. The zero-order valence-corrected chi connectivity index (χ0v) is 13.8. The largest absolute Gasteiger partial charge is 0.338 e. The summed E-state index contributed by atoms with van der Waals surface area (Å²) in [5.41, 5.74) is 2.88. The molecule has 0 saturated heterocycles. The van der Waals surface area contributed by atoms with Gasteiger partial charge < -0.3 is 10.6 Å². The minimum Gasteiger partial charge on any atom is -0.338 e. The SMILES string of the molecule is O=C(NCCc1cccnc1)NC(c1ccccc1)c1ccccn1. The first-order valence-corrected chi connectivity index (χ1v) is 8.22. The van der Waals surface area contributed by atoms with E-state index in [4.69, 9.17) is 0 Å². The summed E-state index contributed by atoms with van der Waals surface area (Å²) in [6.45, 7) is 0.543. The molecule has 126 valence electrons. The Kier molecular flexibility index (Phi) is 5.72. The molecule has 0 spiro atoms. The highest BCUT2D eigenvalue weighted by Crippen LogP contribution is 2.19. The third kappa shape index (κ3) is 4.88. The highest BCUT2D eigenvalue weighted by Gasteiger charge is 2.17. The van der Waals surface area contributed by atoms with Crippen molar-refractivity contribution < 1.29 is 4.79 Å². The number of amides is 2. The molecule has 2 heterocycles. The lowest BCUT2D eigenvalue weighted by Gasteiger charge is -2.19. The van der Waals surface area contributed by atoms with Crippen molar-refractivity contribution in [2.45, 2.75) is 12.5 Å². The maximum atomic E-state index is 12.3. The van der Waals surface area contributed by atoms with Crippen LogP contribution in [-0.2, 0) is 6.42 Å². The lowest BCUT2D eigenvalue weighted by molar-refractivity contribution is 0.238. The van der Waals surface area contributed by atoms with Gasteiger partial charge in [0.1, 0.15) is 0 Å². The molecule has 3 aromatic rings. The Labute approximate surface area is 147 Å². The number of carbonyl (C=O) groups is 1. The van der Waals surface area contributed by atoms with Crippen LogP contribution in [0.2, 0.25) is 0 Å². The molecule has 0 saturated carbocycles. The molecular weight excluding hydrogens is 312 g/mol. The van der Waals surface area contributed by atoms with Gasteiger partial charge in [-0.3, -0.25) is 9.97 Å². The smallest absolute Gasteiger partial charge is 0.315 e. The number of aromatic nitrogens is 2. The lowest BCUT2D eigenvalue weighted by Crippen LogP contribution is -2.39. The van der Waals surface area contributed by atoms with Crippen LogP contribution in [0, 0.1) is 0 Å². The summed E-state index contributed by atoms with van der Waals surface area (Å²) in [7, 11) is 0. The average molecular weight is 332 g/mol. The second-order valence-corrected chi connectivity index (χ2v) is 5.61. The zero-order valence-electron chi connectivity index (χ0n) is 13.8. The topological polar surface area (TPSA) is 66.9 Å². The van der Waals surface area contributed by atoms with Gasteiger partial charge >= 0.3 is 6.03 Å². The van der Waals surface area contributed by atoms with Crippen LogP contribution < -0.4 is 10.6 Å². The minimum atomic E-state index is -0.291. The number of urea groups is 1. The molecule has 0 fully saturated rings. The van der Waals surface area contributed by atoms with E-state index in [1.165, 1.54) is 0 Å². The molecule has 0 aliphatic rings. The number of carbonyl (C=O) groups excluding carboxylic acids is 1. The molecule has 1 atom stereocenters. The number of hydrogen-bond acceptors (Lipinski definition) is 3. The van der Waals surface area contributed by atoms with Gasteiger partial charge in [0.15, 0.2) is 0 Å². The summed E-state index contributed by atoms with van der Waals surface area (Å²) in [5, 5.41) is 5.90. The first kappa shape index (κ1) is 16.6. The van der Waals surface area contributed by atoms with E-state index in [9.17, 15) is 4.79 Å². The van der Waals surface area contributed by atoms with E-state index in [-0.39, 0.29) is 12.1 Å². The first-order valence-electron chi connectivity index (χ1n) is 8.22. The van der Waals surface area contributed by atoms with Crippen LogP contribution in [0.3, 0.4) is 0 Å². The molecule has 0 aliphatic carbocycles. The number of hydrogen-bond donors (Lipinski definition) is 2. The Morgan fingerprint density at radius 1 is 0.960 bits per heavy atom. The Morgan fingerprint density at radius 2 is 1.80 bits per heavy atom. The van der Waals surface area contributed by atoms with Crippen LogP contribution in [0.15, 0.2) is 79.3 Å². The highest BCUT2D eigenvalue weighted by molar-refractivity contribution is 5.74. The van der Waals surface area contributed by atoms with Gasteiger partial charge in [-0.05, 0) is 35.7 Å². The summed E-state index contributed by atoms with van der Waals surface area (Å²) in [6.07, 6.45) is 6.01. The standard InChI is InChI=1S/C20H20N4O/c25-20(23-14-11-16-7-6-12-21-15-16)24-19(17-8-2-1-3-9-17)18-10-4-5-13-22-18/h1-10,12-13,15,19H,11,14H2,(H2,23,24,25). The van der Waals surface area contributed by atoms with Crippen molar-refractivity contribution in [3.63, 3.8) is 0 Å². The van der Waals surface area contributed by atoms with Gasteiger partial charge in [0.2, 0.25) is 0 Å². The van der Waals surface area contributed by atoms with E-state index in [0.717, 1.165) is 23.2 Å². The minimum absolute atomic E-state index is 0.219. The van der Waals surface area contributed by atoms with E-state index < -0.39 is 0 Å². The van der Waals surface area contributed by atoms with Gasteiger partial charge in [-0.2, -0.15) is 0 Å². The number of rotatable bonds is 6. The predicted molar refractivity (Wildman–Crippen MR) is 97.0 cm³/mol. The molecule has 0 aliphatic heterocycles. The van der Waals surface area contributed by atoms with Gasteiger partial charge in [-0.25, -0.2) is 4.79 Å². The van der Waals surface area contributed by atoms with Gasteiger partial charge in [0, 0.05) is 25.1 Å². The van der Waals surface area contributed by atoms with Crippen LogP contribution in [0.1, 0.15) is 22.9 Å². The zero-order chi connectivity index (χ0) is 17.3. The summed E-state index contributed by atoms with van der Waals surface area (Å²) >= 11 is 0. The van der Waals surface area contributed by atoms with E-state index in [1.54, 1.807) is 18.6 Å². The fourth-order valence-electron chi connectivity index (χ4n) is 2.57. The lowest BCUT2D eigenvalue weighted by atomic mass is 10.0. The average Bonchev–Trinajstić information content (AvgIpc) is 2.68. The molecule has 5 heteroatoms. The van der Waals surface area contributed by atoms with Crippen molar-refractivity contribution in [1.29, 1.82) is 0 Å². The summed E-state index contributed by atoms with van der Waals surface area (Å²) in [5.74, 6) is 0. The van der Waals surface area contributed by atoms with Crippen molar-refractivity contribution in [3.8, 4) is 0 Å². The monoisotopic (exact) mass is 332 g/mol. The molecule has 2 amide bonds. The van der Waals surface area contributed by atoms with Crippen LogP contribution in [-0.4, -0.2) is 22.5 Å². The Bertz CT molecular complexity index is 739. The fraction of sp³-hybridized carbons (Fsp3) is 0.150. The Hall–Kier alpha value is -3.21. The molecule has 2 N–H and O–H groups in total. The van der Waals surface area contributed by atoms with Crippen LogP contribution >= 0.6 is 0 Å². The van der Waals surface area contributed by atoms with Crippen LogP contribution in [0.5, 0.6) is 0 Å². The van der Waals surface area contributed by atoms with Crippen LogP contribution in [0.25, 0.3) is 0 Å². The third-order valence-corrected chi connectivity index (χ3v) is 3.81. The van der Waals surface area contributed by atoms with Gasteiger partial charge in [0.05, 0.1) is 11.7 Å². The quantitative estimate of drug-likeness (QED) is 0.729. The maximum Gasteiger partial charge on any atom is 0.315 e. The summed E-state index contributed by atoms with van der Waals surface area (Å²) in [4.78, 5) is 20.8. The molecular formula is C20H20N4O. The molecule has 0 radical (unpaired) electrons. The molecule has 0 bridgehead atoms. The molecule has 1 aromatic carbocycles. The predicted octanol–water partition coefficient (Wildman–Crippen LogP) is 3.11.